The zero-order chi connectivity index (χ0) is 17.7. The van der Waals surface area contributed by atoms with Crippen LogP contribution in [-0.4, -0.2) is 41.0 Å². The van der Waals surface area contributed by atoms with Gasteiger partial charge in [0, 0.05) is 5.69 Å². The second kappa shape index (κ2) is 5.37. The van der Waals surface area contributed by atoms with Crippen LogP contribution in [0.2, 0.25) is 0 Å². The highest BCUT2D eigenvalue weighted by atomic mass is 16.2. The van der Waals surface area contributed by atoms with Gasteiger partial charge < -0.3 is 4.79 Å². The van der Waals surface area contributed by atoms with Crippen LogP contribution in [0.1, 0.15) is 26.3 Å². The second-order valence-corrected chi connectivity index (χ2v) is 6.09. The van der Waals surface area contributed by atoms with E-state index >= 15 is 0 Å². The minimum absolute atomic E-state index is 0.263. The van der Waals surface area contributed by atoms with E-state index in [0.29, 0.717) is 12.0 Å². The van der Waals surface area contributed by atoms with E-state index in [2.05, 4.69) is 0 Å². The number of aryl methyl sites for hydroxylation is 1. The first-order chi connectivity index (χ1) is 12.1. The first kappa shape index (κ1) is 15.3. The van der Waals surface area contributed by atoms with Gasteiger partial charge in [-0.15, -0.1) is 0 Å². The third kappa shape index (κ3) is 1.97. The van der Waals surface area contributed by atoms with Crippen LogP contribution in [0.4, 0.5) is 5.69 Å². The monoisotopic (exact) mass is 334 g/mol. The van der Waals surface area contributed by atoms with E-state index < -0.39 is 29.8 Å². The number of nitrogens with zero attached hydrogens (tertiary/aromatic N) is 2. The van der Waals surface area contributed by atoms with Gasteiger partial charge in [0.15, 0.2) is 0 Å². The van der Waals surface area contributed by atoms with Crippen LogP contribution in [0.3, 0.4) is 0 Å². The molecule has 2 aromatic rings. The first-order valence-electron chi connectivity index (χ1n) is 7.87. The summed E-state index contributed by atoms with van der Waals surface area (Å²) in [5.41, 5.74) is 1.97. The van der Waals surface area contributed by atoms with Crippen molar-refractivity contribution in [2.75, 3.05) is 4.90 Å². The average molecular weight is 334 g/mol. The van der Waals surface area contributed by atoms with Crippen molar-refractivity contribution in [3.8, 4) is 0 Å². The molecule has 6 nitrogen and oxygen atoms in total. The van der Waals surface area contributed by atoms with Crippen LogP contribution >= 0.6 is 0 Å². The highest BCUT2D eigenvalue weighted by molar-refractivity contribution is 6.25. The lowest BCUT2D eigenvalue weighted by atomic mass is 9.92. The number of β-lactam (4-membered cyclic amide) rings is 1. The molecule has 2 atom stereocenters. The van der Waals surface area contributed by atoms with Crippen LogP contribution in [-0.2, 0) is 9.59 Å². The van der Waals surface area contributed by atoms with Crippen molar-refractivity contribution in [2.45, 2.75) is 19.0 Å². The molecular weight excluding hydrogens is 320 g/mol. The van der Waals surface area contributed by atoms with E-state index in [9.17, 15) is 19.2 Å². The molecule has 0 spiro atoms. The van der Waals surface area contributed by atoms with Crippen molar-refractivity contribution >= 4 is 29.7 Å². The molecule has 3 amide bonds. The Morgan fingerprint density at radius 1 is 0.840 bits per heavy atom. The van der Waals surface area contributed by atoms with Gasteiger partial charge in [-0.3, -0.25) is 24.2 Å². The highest BCUT2D eigenvalue weighted by Gasteiger charge is 2.57. The van der Waals surface area contributed by atoms with Gasteiger partial charge in [0.1, 0.15) is 18.4 Å². The SMILES string of the molecule is Cc1ccccc1N1C(=O)[C@H](N2C(=O)c3ccccc3C2=O)[C@H]1C=O. The Kier molecular flexibility index (Phi) is 3.28. The van der Waals surface area contributed by atoms with Crippen molar-refractivity contribution in [2.24, 2.45) is 0 Å². The minimum Gasteiger partial charge on any atom is -0.301 e. The summed E-state index contributed by atoms with van der Waals surface area (Å²) in [5.74, 6) is -1.49. The number of aldehydes is 1. The summed E-state index contributed by atoms with van der Waals surface area (Å²) in [4.78, 5) is 51.8. The molecule has 0 unspecified atom stereocenters. The van der Waals surface area contributed by atoms with E-state index in [1.807, 2.05) is 19.1 Å². The Morgan fingerprint density at radius 2 is 1.40 bits per heavy atom. The van der Waals surface area contributed by atoms with Gasteiger partial charge >= 0.3 is 0 Å². The third-order valence-electron chi connectivity index (χ3n) is 4.73. The fraction of sp³-hybridized carbons (Fsp3) is 0.158. The number of imide groups is 1. The first-order valence-corrected chi connectivity index (χ1v) is 7.87. The van der Waals surface area contributed by atoms with Gasteiger partial charge in [-0.2, -0.15) is 0 Å². The van der Waals surface area contributed by atoms with Crippen LogP contribution in [0.15, 0.2) is 48.5 Å². The lowest BCUT2D eigenvalue weighted by Gasteiger charge is -2.47. The predicted molar refractivity (Wildman–Crippen MR) is 89.2 cm³/mol. The second-order valence-electron chi connectivity index (χ2n) is 6.09. The molecule has 2 aliphatic heterocycles. The van der Waals surface area contributed by atoms with Gasteiger partial charge in [-0.05, 0) is 30.7 Å². The van der Waals surface area contributed by atoms with E-state index in [0.717, 1.165) is 10.5 Å². The molecule has 2 heterocycles. The number of carbonyl (C=O) groups is 4. The molecule has 2 aliphatic rings. The Balaban J connectivity index is 1.71. The molecule has 0 N–H and O–H groups in total. The van der Waals surface area contributed by atoms with E-state index in [4.69, 9.17) is 0 Å². The van der Waals surface area contributed by atoms with Crippen molar-refractivity contribution < 1.29 is 19.2 Å². The van der Waals surface area contributed by atoms with Gasteiger partial charge in [0.25, 0.3) is 17.7 Å². The molecule has 124 valence electrons. The summed E-state index contributed by atoms with van der Waals surface area (Å²) in [6.07, 6.45) is 0.613. The van der Waals surface area contributed by atoms with Crippen molar-refractivity contribution in [3.63, 3.8) is 0 Å². The molecular formula is C19H14N2O4. The standard InChI is InChI=1S/C19H14N2O4/c1-11-6-2-5-9-14(11)20-15(10-22)16(19(20)25)21-17(23)12-7-3-4-8-13(12)18(21)24/h2-10,15-16H,1H3/t15-,16-/m1/s1. The highest BCUT2D eigenvalue weighted by Crippen LogP contribution is 2.36. The predicted octanol–water partition coefficient (Wildman–Crippen LogP) is 1.57. The van der Waals surface area contributed by atoms with Gasteiger partial charge in [0.05, 0.1) is 11.1 Å². The number of fused-ring (bicyclic) bond motifs is 1. The molecule has 2 aromatic carbocycles. The van der Waals surface area contributed by atoms with Gasteiger partial charge in [0.2, 0.25) is 0 Å². The Morgan fingerprint density at radius 3 is 1.96 bits per heavy atom. The average Bonchev–Trinajstić information content (AvgIpc) is 2.87. The molecule has 1 fully saturated rings. The number of carbonyl (C=O) groups excluding carboxylic acids is 4. The van der Waals surface area contributed by atoms with Crippen molar-refractivity contribution in [1.82, 2.24) is 4.90 Å². The molecule has 0 bridgehead atoms. The van der Waals surface area contributed by atoms with Crippen molar-refractivity contribution in [3.05, 3.63) is 65.2 Å². The summed E-state index contributed by atoms with van der Waals surface area (Å²) >= 11 is 0. The fourth-order valence-electron chi connectivity index (χ4n) is 3.47. The summed E-state index contributed by atoms with van der Waals surface area (Å²) in [7, 11) is 0. The molecule has 0 aromatic heterocycles. The van der Waals surface area contributed by atoms with Crippen LogP contribution < -0.4 is 4.90 Å². The zero-order valence-corrected chi connectivity index (χ0v) is 13.4. The molecule has 0 aliphatic carbocycles. The number of benzene rings is 2. The number of amides is 3. The number of anilines is 1. The van der Waals surface area contributed by atoms with Crippen LogP contribution in [0.5, 0.6) is 0 Å². The molecule has 0 radical (unpaired) electrons. The molecule has 25 heavy (non-hydrogen) atoms. The normalized spacial score (nSPS) is 22.0. The van der Waals surface area contributed by atoms with Gasteiger partial charge in [-0.1, -0.05) is 30.3 Å². The summed E-state index contributed by atoms with van der Waals surface area (Å²) < 4.78 is 0. The quantitative estimate of drug-likeness (QED) is 0.485. The van der Waals surface area contributed by atoms with E-state index in [1.165, 1.54) is 4.90 Å². The lowest BCUT2D eigenvalue weighted by Crippen LogP contribution is -2.72. The molecule has 6 heteroatoms. The minimum atomic E-state index is -1.09. The Labute approximate surface area is 143 Å². The third-order valence-corrected chi connectivity index (χ3v) is 4.73. The van der Waals surface area contributed by atoms with E-state index in [-0.39, 0.29) is 11.1 Å². The number of hydrogen-bond acceptors (Lipinski definition) is 4. The fourth-order valence-corrected chi connectivity index (χ4v) is 3.47. The largest absolute Gasteiger partial charge is 0.301 e. The number of para-hydroxylation sites is 1. The van der Waals surface area contributed by atoms with Gasteiger partial charge in [-0.25, -0.2) is 0 Å². The summed E-state index contributed by atoms with van der Waals surface area (Å²) in [6.45, 7) is 1.83. The maximum atomic E-state index is 12.7. The van der Waals surface area contributed by atoms with Crippen LogP contribution in [0.25, 0.3) is 0 Å². The summed E-state index contributed by atoms with van der Waals surface area (Å²) in [6, 6.07) is 11.6. The number of rotatable bonds is 3. The van der Waals surface area contributed by atoms with Crippen LogP contribution in [0, 0.1) is 6.92 Å². The smallest absolute Gasteiger partial charge is 0.262 e. The van der Waals surface area contributed by atoms with E-state index in [1.54, 1.807) is 36.4 Å². The summed E-state index contributed by atoms with van der Waals surface area (Å²) in [5, 5.41) is 0. The Hall–Kier alpha value is -3.28. The van der Waals surface area contributed by atoms with Crippen molar-refractivity contribution in [1.29, 1.82) is 0 Å². The number of hydrogen-bond donors (Lipinski definition) is 0. The Bertz CT molecular complexity index is 902. The molecule has 0 saturated carbocycles. The zero-order valence-electron chi connectivity index (χ0n) is 13.4. The molecule has 1 saturated heterocycles. The maximum absolute atomic E-state index is 12.7. The molecule has 4 rings (SSSR count). The topological polar surface area (TPSA) is 74.8 Å². The maximum Gasteiger partial charge on any atom is 0.262 e. The lowest BCUT2D eigenvalue weighted by molar-refractivity contribution is -0.133.